The van der Waals surface area contributed by atoms with Gasteiger partial charge in [0.15, 0.2) is 0 Å². The van der Waals surface area contributed by atoms with Crippen molar-refractivity contribution < 1.29 is 19.7 Å². The van der Waals surface area contributed by atoms with Crippen LogP contribution in [0.5, 0.6) is 0 Å². The number of unbranched alkanes of at least 4 members (excludes halogenated alkanes) is 1. The minimum Gasteiger partial charge on any atom is -0.468 e. The number of aliphatic hydroxyl groups excluding tert-OH is 2. The van der Waals surface area contributed by atoms with Crippen molar-refractivity contribution in [3.8, 4) is 0 Å². The van der Waals surface area contributed by atoms with E-state index in [4.69, 9.17) is 5.73 Å². The summed E-state index contributed by atoms with van der Waals surface area (Å²) in [6, 6.07) is -0.563. The molecule has 3 atom stereocenters. The average molecular weight is 276 g/mol. The molecule has 0 rings (SSSR count). The van der Waals surface area contributed by atoms with Gasteiger partial charge in [-0.3, -0.25) is 9.69 Å². The van der Waals surface area contributed by atoms with Crippen LogP contribution in [0.3, 0.4) is 0 Å². The molecule has 6 nitrogen and oxygen atoms in total. The number of nitrogens with two attached hydrogens (primary N) is 1. The number of carbonyl (C=O) groups is 1. The molecule has 0 aromatic rings. The first-order valence-corrected chi connectivity index (χ1v) is 6.78. The summed E-state index contributed by atoms with van der Waals surface area (Å²) < 4.78 is 4.55. The molecule has 0 aliphatic carbocycles. The number of nitrogens with zero attached hydrogens (tertiary/aromatic N) is 1. The smallest absolute Gasteiger partial charge is 0.322 e. The summed E-state index contributed by atoms with van der Waals surface area (Å²) >= 11 is 0. The second-order valence-corrected chi connectivity index (χ2v) is 5.08. The van der Waals surface area contributed by atoms with Crippen molar-refractivity contribution >= 4 is 5.97 Å². The largest absolute Gasteiger partial charge is 0.468 e. The highest BCUT2D eigenvalue weighted by atomic mass is 16.5. The molecule has 0 spiro atoms. The van der Waals surface area contributed by atoms with E-state index in [9.17, 15) is 15.0 Å². The second kappa shape index (κ2) is 10.1. The van der Waals surface area contributed by atoms with Crippen LogP contribution in [0.25, 0.3) is 0 Å². The van der Waals surface area contributed by atoms with E-state index >= 15 is 0 Å². The lowest BCUT2D eigenvalue weighted by Gasteiger charge is -2.25. The maximum Gasteiger partial charge on any atom is 0.322 e. The zero-order valence-corrected chi connectivity index (χ0v) is 12.2. The van der Waals surface area contributed by atoms with Crippen molar-refractivity contribution in [1.29, 1.82) is 0 Å². The van der Waals surface area contributed by atoms with Crippen LogP contribution in [-0.4, -0.2) is 66.1 Å². The molecule has 0 bridgehead atoms. The summed E-state index contributed by atoms with van der Waals surface area (Å²) in [4.78, 5) is 13.1. The predicted octanol–water partition coefficient (Wildman–Crippen LogP) is -0.279. The molecule has 0 aromatic heterocycles. The number of hydrogen-bond donors (Lipinski definition) is 3. The van der Waals surface area contributed by atoms with Gasteiger partial charge in [-0.25, -0.2) is 0 Å². The molecule has 0 aliphatic heterocycles. The molecular weight excluding hydrogens is 248 g/mol. The molecule has 0 fully saturated rings. The SMILES string of the molecule is COC(=O)[C@@H](N)CCCCN(CC(C)O)CC(C)O. The Balaban J connectivity index is 3.88. The fourth-order valence-corrected chi connectivity index (χ4v) is 1.97. The first-order valence-electron chi connectivity index (χ1n) is 6.78. The van der Waals surface area contributed by atoms with Gasteiger partial charge >= 0.3 is 5.97 Å². The molecule has 6 heteroatoms. The van der Waals surface area contributed by atoms with Crippen LogP contribution in [-0.2, 0) is 9.53 Å². The predicted molar refractivity (Wildman–Crippen MR) is 73.6 cm³/mol. The maximum atomic E-state index is 11.1. The van der Waals surface area contributed by atoms with Gasteiger partial charge in [0.1, 0.15) is 6.04 Å². The summed E-state index contributed by atoms with van der Waals surface area (Å²) in [5, 5.41) is 18.8. The van der Waals surface area contributed by atoms with E-state index in [0.717, 1.165) is 19.4 Å². The number of rotatable bonds is 10. The molecular formula is C13H28N2O4. The molecule has 0 aliphatic rings. The molecule has 114 valence electrons. The summed E-state index contributed by atoms with van der Waals surface area (Å²) in [6.07, 6.45) is 1.42. The van der Waals surface area contributed by atoms with Gasteiger partial charge in [0.2, 0.25) is 0 Å². The van der Waals surface area contributed by atoms with E-state index in [2.05, 4.69) is 4.74 Å². The Morgan fingerprint density at radius 2 is 1.74 bits per heavy atom. The van der Waals surface area contributed by atoms with Gasteiger partial charge in [-0.2, -0.15) is 0 Å². The molecule has 2 unspecified atom stereocenters. The number of carbonyl (C=O) groups excluding carboxylic acids is 1. The normalized spacial score (nSPS) is 16.2. The van der Waals surface area contributed by atoms with Crippen molar-refractivity contribution in [3.63, 3.8) is 0 Å². The Hall–Kier alpha value is -0.690. The first-order chi connectivity index (χ1) is 8.86. The van der Waals surface area contributed by atoms with Gasteiger partial charge in [-0.15, -0.1) is 0 Å². The Labute approximate surface area is 115 Å². The van der Waals surface area contributed by atoms with Crippen LogP contribution in [0.4, 0.5) is 0 Å². The highest BCUT2D eigenvalue weighted by Crippen LogP contribution is 2.04. The van der Waals surface area contributed by atoms with E-state index in [1.165, 1.54) is 7.11 Å². The molecule has 0 radical (unpaired) electrons. The zero-order valence-electron chi connectivity index (χ0n) is 12.2. The summed E-state index contributed by atoms with van der Waals surface area (Å²) in [5.41, 5.74) is 5.64. The fraction of sp³-hybridized carbons (Fsp3) is 0.923. The lowest BCUT2D eigenvalue weighted by atomic mass is 10.1. The van der Waals surface area contributed by atoms with Gasteiger partial charge < -0.3 is 20.7 Å². The van der Waals surface area contributed by atoms with Gasteiger partial charge in [0, 0.05) is 13.1 Å². The Kier molecular flexibility index (Phi) is 9.77. The lowest BCUT2D eigenvalue weighted by Crippen LogP contribution is -2.37. The summed E-state index contributed by atoms with van der Waals surface area (Å²) in [5.74, 6) is -0.384. The molecule has 0 saturated heterocycles. The van der Waals surface area contributed by atoms with E-state index in [1.807, 2.05) is 4.90 Å². The second-order valence-electron chi connectivity index (χ2n) is 5.08. The fourth-order valence-electron chi connectivity index (χ4n) is 1.97. The lowest BCUT2D eigenvalue weighted by molar-refractivity contribution is -0.142. The van der Waals surface area contributed by atoms with E-state index < -0.39 is 18.2 Å². The molecule has 0 aromatic carbocycles. The van der Waals surface area contributed by atoms with Gasteiger partial charge in [0.05, 0.1) is 19.3 Å². The van der Waals surface area contributed by atoms with E-state index in [0.29, 0.717) is 19.5 Å². The number of esters is 1. The summed E-state index contributed by atoms with van der Waals surface area (Å²) in [7, 11) is 1.33. The van der Waals surface area contributed by atoms with Gasteiger partial charge in [-0.1, -0.05) is 6.42 Å². The number of aliphatic hydroxyl groups is 2. The van der Waals surface area contributed by atoms with Crippen molar-refractivity contribution in [2.45, 2.75) is 51.4 Å². The Bertz CT molecular complexity index is 237. The minimum absolute atomic E-state index is 0.384. The monoisotopic (exact) mass is 276 g/mol. The van der Waals surface area contributed by atoms with Crippen molar-refractivity contribution in [2.24, 2.45) is 5.73 Å². The first kappa shape index (κ1) is 18.3. The van der Waals surface area contributed by atoms with Crippen LogP contribution in [0.1, 0.15) is 33.1 Å². The standard InChI is InChI=1S/C13H28N2O4/c1-10(16)8-15(9-11(2)17)7-5-4-6-12(14)13(18)19-3/h10-12,16-17H,4-9,14H2,1-3H3/t10?,11?,12-/m0/s1. The zero-order chi connectivity index (χ0) is 14.8. The number of ether oxygens (including phenoxy) is 1. The van der Waals surface area contributed by atoms with Crippen molar-refractivity contribution in [3.05, 3.63) is 0 Å². The van der Waals surface area contributed by atoms with Crippen molar-refractivity contribution in [1.82, 2.24) is 4.90 Å². The van der Waals surface area contributed by atoms with E-state index in [-0.39, 0.29) is 5.97 Å². The van der Waals surface area contributed by atoms with Gasteiger partial charge in [-0.05, 0) is 33.2 Å². The molecule has 0 amide bonds. The maximum absolute atomic E-state index is 11.1. The molecule has 4 N–H and O–H groups in total. The number of hydrogen-bond acceptors (Lipinski definition) is 6. The third-order valence-corrected chi connectivity index (χ3v) is 2.79. The third-order valence-electron chi connectivity index (χ3n) is 2.79. The van der Waals surface area contributed by atoms with Gasteiger partial charge in [0.25, 0.3) is 0 Å². The summed E-state index contributed by atoms with van der Waals surface area (Å²) in [6.45, 7) is 5.29. The van der Waals surface area contributed by atoms with Crippen molar-refractivity contribution in [2.75, 3.05) is 26.7 Å². The van der Waals surface area contributed by atoms with Crippen LogP contribution in [0.15, 0.2) is 0 Å². The Morgan fingerprint density at radius 3 is 2.16 bits per heavy atom. The minimum atomic E-state index is -0.563. The molecule has 0 heterocycles. The van der Waals surface area contributed by atoms with Crippen LogP contribution >= 0.6 is 0 Å². The topological polar surface area (TPSA) is 96.0 Å². The Morgan fingerprint density at radius 1 is 1.21 bits per heavy atom. The molecule has 0 saturated carbocycles. The van der Waals surface area contributed by atoms with Crippen LogP contribution in [0.2, 0.25) is 0 Å². The highest BCUT2D eigenvalue weighted by molar-refractivity contribution is 5.75. The van der Waals surface area contributed by atoms with Crippen LogP contribution in [0, 0.1) is 0 Å². The van der Waals surface area contributed by atoms with Crippen LogP contribution < -0.4 is 5.73 Å². The molecule has 19 heavy (non-hydrogen) atoms. The van der Waals surface area contributed by atoms with E-state index in [1.54, 1.807) is 13.8 Å². The quantitative estimate of drug-likeness (QED) is 0.375. The highest BCUT2D eigenvalue weighted by Gasteiger charge is 2.14. The third kappa shape index (κ3) is 9.84. The average Bonchev–Trinajstić information content (AvgIpc) is 2.31. The number of methoxy groups -OCH3 is 1.